The van der Waals surface area contributed by atoms with Crippen molar-refractivity contribution in [1.82, 2.24) is 20.1 Å². The van der Waals surface area contributed by atoms with Gasteiger partial charge in [-0.2, -0.15) is 4.99 Å². The molecule has 2 aromatic carbocycles. The van der Waals surface area contributed by atoms with Gasteiger partial charge in [-0.05, 0) is 42.5 Å². The Balaban J connectivity index is 1.24. The number of amidine groups is 1. The van der Waals surface area contributed by atoms with Gasteiger partial charge in [-0.1, -0.05) is 55.7 Å². The standard InChI is InChI=1S/C31H35B2N5O4S/c1-16(2)25(38-13-19-11-21(33-32)9-10-23(19)28(38)40)29(41)37-14-22(39)12-24(37)27-35-30(42)31(4,36-27)20-7-5-18(6-8-20)26-17(3)34-15-43-26/h5-11,15-16,22,24-25,33,39H,12-14,32H2,1-4H3,(H,35,36,42). The van der Waals surface area contributed by atoms with Crippen LogP contribution in [0.2, 0.25) is 0 Å². The Labute approximate surface area is 257 Å². The molecule has 0 radical (unpaired) electrons. The number of aromatic nitrogens is 1. The summed E-state index contributed by atoms with van der Waals surface area (Å²) >= 11 is 1.57. The van der Waals surface area contributed by atoms with Crippen molar-refractivity contribution in [2.24, 2.45) is 10.9 Å². The first-order chi connectivity index (χ1) is 20.5. The summed E-state index contributed by atoms with van der Waals surface area (Å²) in [5.74, 6) is -0.553. The minimum absolute atomic E-state index is 0.107. The maximum Gasteiger partial charge on any atom is 0.277 e. The van der Waals surface area contributed by atoms with Crippen LogP contribution in [0.5, 0.6) is 0 Å². The zero-order valence-electron chi connectivity index (χ0n) is 25.1. The van der Waals surface area contributed by atoms with Crippen LogP contribution in [0.15, 0.2) is 53.0 Å². The van der Waals surface area contributed by atoms with Crippen molar-refractivity contribution in [3.05, 3.63) is 70.4 Å². The van der Waals surface area contributed by atoms with Crippen LogP contribution in [0.4, 0.5) is 0 Å². The number of likely N-dealkylation sites (tertiary alicyclic amines) is 1. The molecule has 1 saturated heterocycles. The molecular weight excluding hydrogens is 560 g/mol. The van der Waals surface area contributed by atoms with Crippen LogP contribution in [0.3, 0.4) is 0 Å². The summed E-state index contributed by atoms with van der Waals surface area (Å²) < 4.78 is 0. The monoisotopic (exact) mass is 595 g/mol. The molecule has 1 aromatic heterocycles. The third-order valence-corrected chi connectivity index (χ3v) is 9.98. The maximum atomic E-state index is 14.2. The van der Waals surface area contributed by atoms with Crippen molar-refractivity contribution in [1.29, 1.82) is 0 Å². The van der Waals surface area contributed by atoms with Crippen molar-refractivity contribution >= 4 is 55.3 Å². The summed E-state index contributed by atoms with van der Waals surface area (Å²) in [6, 6.07) is 12.3. The predicted octanol–water partition coefficient (Wildman–Crippen LogP) is 1.11. The average molecular weight is 595 g/mol. The second-order valence-corrected chi connectivity index (χ2v) is 13.1. The summed E-state index contributed by atoms with van der Waals surface area (Å²) in [5.41, 5.74) is 6.16. The Morgan fingerprint density at radius 2 is 1.95 bits per heavy atom. The normalized spacial score (nSPS) is 23.9. The second kappa shape index (κ2) is 11.1. The van der Waals surface area contributed by atoms with E-state index in [0.29, 0.717) is 17.9 Å². The van der Waals surface area contributed by atoms with E-state index in [4.69, 9.17) is 0 Å². The highest BCUT2D eigenvalue weighted by Crippen LogP contribution is 2.34. The largest absolute Gasteiger partial charge is 0.391 e. The number of hydrogen-bond acceptors (Lipinski definition) is 7. The highest BCUT2D eigenvalue weighted by molar-refractivity contribution is 7.13. The molecule has 3 aromatic rings. The molecule has 3 amide bonds. The van der Waals surface area contributed by atoms with Gasteiger partial charge >= 0.3 is 0 Å². The number of nitrogens with one attached hydrogen (secondary N) is 1. The Morgan fingerprint density at radius 3 is 2.60 bits per heavy atom. The van der Waals surface area contributed by atoms with Crippen molar-refractivity contribution in [3.63, 3.8) is 0 Å². The second-order valence-electron chi connectivity index (χ2n) is 12.3. The Hall–Kier alpha value is -3.76. The fourth-order valence-electron chi connectivity index (χ4n) is 6.55. The molecule has 4 atom stereocenters. The van der Waals surface area contributed by atoms with Gasteiger partial charge in [-0.25, -0.2) is 4.98 Å². The predicted molar refractivity (Wildman–Crippen MR) is 172 cm³/mol. The molecule has 6 rings (SSSR count). The zero-order valence-corrected chi connectivity index (χ0v) is 25.9. The Morgan fingerprint density at radius 1 is 1.21 bits per heavy atom. The topological polar surface area (TPSA) is 115 Å². The number of fused-ring (bicyclic) bond motifs is 1. The fourth-order valence-corrected chi connectivity index (χ4v) is 7.36. The minimum atomic E-state index is -1.11. The SMILES string of the molecule is BBc1ccc2c(c1)CN(C(C(=O)N1CC(O)CC1C1=NC(=O)C(C)(c3ccc(-c4scnc4C)cc3)N1)C(C)C)C2=O. The average Bonchev–Trinajstić information content (AvgIpc) is 3.74. The molecule has 3 aliphatic heterocycles. The van der Waals surface area contributed by atoms with Gasteiger partial charge < -0.3 is 20.2 Å². The minimum Gasteiger partial charge on any atom is -0.391 e. The Bertz CT molecular complexity index is 1640. The molecule has 3 aliphatic rings. The summed E-state index contributed by atoms with van der Waals surface area (Å²) in [7, 11) is 2.94. The first-order valence-electron chi connectivity index (χ1n) is 14.8. The van der Waals surface area contributed by atoms with E-state index in [0.717, 1.165) is 39.9 Å². The number of aliphatic imine (C=N–C) groups is 1. The number of rotatable bonds is 7. The quantitative estimate of drug-likeness (QED) is 0.396. The van der Waals surface area contributed by atoms with Crippen LogP contribution >= 0.6 is 11.3 Å². The van der Waals surface area contributed by atoms with Crippen LogP contribution in [-0.2, 0) is 21.7 Å². The van der Waals surface area contributed by atoms with Crippen molar-refractivity contribution in [2.75, 3.05) is 6.54 Å². The van der Waals surface area contributed by atoms with Crippen molar-refractivity contribution in [3.8, 4) is 10.4 Å². The molecule has 2 N–H and O–H groups in total. The van der Waals surface area contributed by atoms with Crippen LogP contribution in [0.1, 0.15) is 54.4 Å². The fraction of sp³-hybridized carbons (Fsp3) is 0.387. The number of carbonyl (C=O) groups is 3. The van der Waals surface area contributed by atoms with E-state index in [1.54, 1.807) is 28.1 Å². The molecule has 9 nitrogen and oxygen atoms in total. The number of carbonyl (C=O) groups excluding carboxylic acids is 3. The number of thiazole rings is 1. The highest BCUT2D eigenvalue weighted by Gasteiger charge is 2.49. The molecule has 0 saturated carbocycles. The number of nitrogens with zero attached hydrogens (tertiary/aromatic N) is 4. The lowest BCUT2D eigenvalue weighted by atomic mass is 9.51. The molecule has 43 heavy (non-hydrogen) atoms. The summed E-state index contributed by atoms with van der Waals surface area (Å²) in [6.07, 6.45) is -0.516. The molecule has 4 heterocycles. The lowest BCUT2D eigenvalue weighted by Crippen LogP contribution is -2.56. The molecule has 12 heteroatoms. The van der Waals surface area contributed by atoms with Gasteiger partial charge in [0.15, 0.2) is 0 Å². The third kappa shape index (κ3) is 5.00. The van der Waals surface area contributed by atoms with Gasteiger partial charge in [0.1, 0.15) is 24.6 Å². The summed E-state index contributed by atoms with van der Waals surface area (Å²) in [6.45, 7) is 8.09. The lowest BCUT2D eigenvalue weighted by Gasteiger charge is -2.36. The molecule has 0 spiro atoms. The number of aliphatic hydroxyl groups excluding tert-OH is 1. The van der Waals surface area contributed by atoms with Crippen molar-refractivity contribution in [2.45, 2.75) is 64.4 Å². The van der Waals surface area contributed by atoms with Crippen molar-refractivity contribution < 1.29 is 19.5 Å². The van der Waals surface area contributed by atoms with Crippen LogP contribution < -0.4 is 10.8 Å². The number of amides is 3. The molecular formula is C31H35B2N5O4S. The van der Waals surface area contributed by atoms with Gasteiger partial charge in [-0.3, -0.25) is 14.4 Å². The zero-order chi connectivity index (χ0) is 30.6. The number of hydrogen-bond donors (Lipinski definition) is 2. The molecule has 0 aliphatic carbocycles. The first-order valence-corrected chi connectivity index (χ1v) is 15.7. The Kier molecular flexibility index (Phi) is 7.54. The first kappa shape index (κ1) is 29.3. The smallest absolute Gasteiger partial charge is 0.277 e. The lowest BCUT2D eigenvalue weighted by molar-refractivity contribution is -0.138. The molecule has 0 bridgehead atoms. The number of β-amino-alcohol motifs (C(OH)–C–C–N with tert-alkyl or cyclic N) is 1. The van der Waals surface area contributed by atoms with Crippen LogP contribution in [-0.4, -0.2) is 83.1 Å². The van der Waals surface area contributed by atoms with Gasteiger partial charge in [0.05, 0.1) is 36.0 Å². The van der Waals surface area contributed by atoms with Gasteiger partial charge in [0.2, 0.25) is 5.91 Å². The van der Waals surface area contributed by atoms with Crippen LogP contribution in [0, 0.1) is 12.8 Å². The van der Waals surface area contributed by atoms with E-state index in [1.807, 2.05) is 68.7 Å². The maximum absolute atomic E-state index is 14.2. The van der Waals surface area contributed by atoms with E-state index in [9.17, 15) is 19.5 Å². The van der Waals surface area contributed by atoms with E-state index in [1.165, 1.54) is 0 Å². The van der Waals surface area contributed by atoms with Gasteiger partial charge in [0.25, 0.3) is 11.8 Å². The van der Waals surface area contributed by atoms with E-state index >= 15 is 0 Å². The number of benzene rings is 2. The van der Waals surface area contributed by atoms with Gasteiger partial charge in [0, 0.05) is 25.1 Å². The molecule has 4 unspecified atom stereocenters. The van der Waals surface area contributed by atoms with E-state index < -0.39 is 23.7 Å². The highest BCUT2D eigenvalue weighted by atomic mass is 32.1. The summed E-state index contributed by atoms with van der Waals surface area (Å²) in [5, 5.41) is 14.1. The van der Waals surface area contributed by atoms with E-state index in [-0.39, 0.29) is 36.6 Å². The van der Waals surface area contributed by atoms with E-state index in [2.05, 4.69) is 23.0 Å². The molecule has 1 fully saturated rings. The van der Waals surface area contributed by atoms with Gasteiger partial charge in [-0.15, -0.1) is 11.3 Å². The number of aryl methyl sites for hydroxylation is 1. The summed E-state index contributed by atoms with van der Waals surface area (Å²) in [4.78, 5) is 54.2. The third-order valence-electron chi connectivity index (χ3n) is 9.01. The molecule has 220 valence electrons. The van der Waals surface area contributed by atoms with Crippen LogP contribution in [0.25, 0.3) is 10.4 Å². The number of aliphatic hydroxyl groups is 1.